The maximum atomic E-state index is 12.1. The van der Waals surface area contributed by atoms with Gasteiger partial charge in [-0.2, -0.15) is 0 Å². The number of benzene rings is 1. The van der Waals surface area contributed by atoms with Gasteiger partial charge in [-0.15, -0.1) is 0 Å². The van der Waals surface area contributed by atoms with Crippen LogP contribution in [0.15, 0.2) is 24.3 Å². The van der Waals surface area contributed by atoms with Gasteiger partial charge in [0.1, 0.15) is 0 Å². The molecule has 1 aliphatic heterocycles. The van der Waals surface area contributed by atoms with Crippen LogP contribution >= 0.6 is 0 Å². The number of ether oxygens (including phenoxy) is 1. The lowest BCUT2D eigenvalue weighted by Crippen LogP contribution is -2.51. The summed E-state index contributed by atoms with van der Waals surface area (Å²) in [6, 6.07) is 8.03. The van der Waals surface area contributed by atoms with Crippen LogP contribution in [-0.2, 0) is 16.1 Å². The molecule has 2 N–H and O–H groups in total. The molecule has 0 fully saturated rings. The zero-order chi connectivity index (χ0) is 14.8. The number of fused-ring (bicyclic) bond motifs is 1. The summed E-state index contributed by atoms with van der Waals surface area (Å²) in [7, 11) is 0. The van der Waals surface area contributed by atoms with Crippen molar-refractivity contribution in [1.29, 1.82) is 0 Å². The predicted molar refractivity (Wildman–Crippen MR) is 79.3 cm³/mol. The Balaban J connectivity index is 2.02. The fourth-order valence-electron chi connectivity index (χ4n) is 2.38. The van der Waals surface area contributed by atoms with Crippen molar-refractivity contribution < 1.29 is 9.53 Å². The number of amides is 1. The molecular formula is C16H24N2O2. The molecule has 4 nitrogen and oxygen atoms in total. The second-order valence-corrected chi connectivity index (χ2v) is 6.39. The van der Waals surface area contributed by atoms with Crippen molar-refractivity contribution in [3.05, 3.63) is 35.4 Å². The Morgan fingerprint density at radius 1 is 1.35 bits per heavy atom. The van der Waals surface area contributed by atoms with Crippen LogP contribution in [-0.4, -0.2) is 24.1 Å². The van der Waals surface area contributed by atoms with Gasteiger partial charge in [-0.25, -0.2) is 0 Å². The van der Waals surface area contributed by atoms with Crippen LogP contribution in [0.25, 0.3) is 0 Å². The molecule has 1 aromatic carbocycles. The van der Waals surface area contributed by atoms with Gasteiger partial charge in [-0.1, -0.05) is 24.3 Å². The van der Waals surface area contributed by atoms with Crippen molar-refractivity contribution >= 4 is 5.91 Å². The molecule has 0 spiro atoms. The van der Waals surface area contributed by atoms with E-state index in [1.807, 2.05) is 39.8 Å². The van der Waals surface area contributed by atoms with E-state index in [0.717, 1.165) is 0 Å². The van der Waals surface area contributed by atoms with Crippen molar-refractivity contribution in [2.24, 2.45) is 0 Å². The minimum absolute atomic E-state index is 0.0144. The standard InChI is InChI=1S/C16H24N2O2/c1-11(15(19)18-16(2,3)4)17-14-10-20-9-12-7-5-6-8-13(12)14/h5-8,11,14,17H,9-10H2,1-4H3,(H,18,19). The summed E-state index contributed by atoms with van der Waals surface area (Å²) in [6.07, 6.45) is 0. The van der Waals surface area contributed by atoms with Crippen molar-refractivity contribution in [3.8, 4) is 0 Å². The first kappa shape index (κ1) is 15.0. The smallest absolute Gasteiger partial charge is 0.237 e. The third kappa shape index (κ3) is 3.81. The highest BCUT2D eigenvalue weighted by Crippen LogP contribution is 2.24. The van der Waals surface area contributed by atoms with E-state index in [1.54, 1.807) is 0 Å². The number of nitrogens with one attached hydrogen (secondary N) is 2. The van der Waals surface area contributed by atoms with Crippen LogP contribution in [0, 0.1) is 0 Å². The average molecular weight is 276 g/mol. The summed E-state index contributed by atoms with van der Waals surface area (Å²) in [5.41, 5.74) is 2.21. The van der Waals surface area contributed by atoms with Crippen molar-refractivity contribution in [2.75, 3.05) is 6.61 Å². The van der Waals surface area contributed by atoms with Gasteiger partial charge in [0.2, 0.25) is 5.91 Å². The van der Waals surface area contributed by atoms with E-state index in [-0.39, 0.29) is 23.5 Å². The Bertz CT molecular complexity index is 480. The first-order valence-corrected chi connectivity index (χ1v) is 7.10. The Morgan fingerprint density at radius 3 is 2.75 bits per heavy atom. The van der Waals surface area contributed by atoms with E-state index in [2.05, 4.69) is 22.8 Å². The molecule has 0 aromatic heterocycles. The van der Waals surface area contributed by atoms with Crippen LogP contribution in [0.4, 0.5) is 0 Å². The van der Waals surface area contributed by atoms with E-state index in [4.69, 9.17) is 4.74 Å². The monoisotopic (exact) mass is 276 g/mol. The van der Waals surface area contributed by atoms with Crippen LogP contribution in [0.1, 0.15) is 44.9 Å². The second kappa shape index (κ2) is 5.94. The Labute approximate surface area is 120 Å². The van der Waals surface area contributed by atoms with E-state index < -0.39 is 0 Å². The number of carbonyl (C=O) groups is 1. The fraction of sp³-hybridized carbons (Fsp3) is 0.562. The number of rotatable bonds is 3. The highest BCUT2D eigenvalue weighted by atomic mass is 16.5. The third-order valence-corrected chi connectivity index (χ3v) is 3.32. The molecule has 0 saturated carbocycles. The van der Waals surface area contributed by atoms with Gasteiger partial charge in [-0.3, -0.25) is 10.1 Å². The predicted octanol–water partition coefficient (Wildman–Crippen LogP) is 2.15. The zero-order valence-electron chi connectivity index (χ0n) is 12.7. The molecule has 1 amide bonds. The summed E-state index contributed by atoms with van der Waals surface area (Å²) < 4.78 is 5.60. The molecule has 4 heteroatoms. The molecule has 1 aliphatic rings. The maximum Gasteiger partial charge on any atom is 0.237 e. The highest BCUT2D eigenvalue weighted by Gasteiger charge is 2.25. The van der Waals surface area contributed by atoms with Crippen LogP contribution in [0.5, 0.6) is 0 Å². The molecule has 1 aromatic rings. The molecule has 20 heavy (non-hydrogen) atoms. The first-order valence-electron chi connectivity index (χ1n) is 7.10. The Hall–Kier alpha value is -1.39. The molecule has 0 aliphatic carbocycles. The molecule has 1 heterocycles. The lowest BCUT2D eigenvalue weighted by molar-refractivity contribution is -0.124. The summed E-state index contributed by atoms with van der Waals surface area (Å²) >= 11 is 0. The molecule has 2 unspecified atom stereocenters. The van der Waals surface area contributed by atoms with Crippen molar-refractivity contribution in [2.45, 2.75) is 51.9 Å². The lowest BCUT2D eigenvalue weighted by atomic mass is 9.98. The normalized spacial score (nSPS) is 20.1. The summed E-state index contributed by atoms with van der Waals surface area (Å²) in [5.74, 6) is 0.0144. The third-order valence-electron chi connectivity index (χ3n) is 3.32. The average Bonchev–Trinajstić information content (AvgIpc) is 2.37. The van der Waals surface area contributed by atoms with Crippen molar-refractivity contribution in [1.82, 2.24) is 10.6 Å². The zero-order valence-corrected chi connectivity index (χ0v) is 12.7. The second-order valence-electron chi connectivity index (χ2n) is 6.39. The van der Waals surface area contributed by atoms with Gasteiger partial charge in [0, 0.05) is 5.54 Å². The van der Waals surface area contributed by atoms with E-state index in [1.165, 1.54) is 11.1 Å². The fourth-order valence-corrected chi connectivity index (χ4v) is 2.38. The van der Waals surface area contributed by atoms with E-state index in [9.17, 15) is 4.79 Å². The minimum atomic E-state index is -0.256. The maximum absolute atomic E-state index is 12.1. The summed E-state index contributed by atoms with van der Waals surface area (Å²) in [5, 5.41) is 6.35. The molecule has 0 saturated heterocycles. The van der Waals surface area contributed by atoms with E-state index >= 15 is 0 Å². The minimum Gasteiger partial charge on any atom is -0.375 e. The molecule has 2 rings (SSSR count). The van der Waals surface area contributed by atoms with Gasteiger partial charge >= 0.3 is 0 Å². The van der Waals surface area contributed by atoms with Gasteiger partial charge in [-0.05, 0) is 38.8 Å². The molecule has 0 bridgehead atoms. The van der Waals surface area contributed by atoms with Crippen molar-refractivity contribution in [3.63, 3.8) is 0 Å². The topological polar surface area (TPSA) is 50.4 Å². The lowest BCUT2D eigenvalue weighted by Gasteiger charge is -2.30. The SMILES string of the molecule is CC(NC1COCc2ccccc21)C(=O)NC(C)(C)C. The molecular weight excluding hydrogens is 252 g/mol. The quantitative estimate of drug-likeness (QED) is 0.889. The molecule has 2 atom stereocenters. The Morgan fingerprint density at radius 2 is 2.05 bits per heavy atom. The van der Waals surface area contributed by atoms with Gasteiger partial charge in [0.25, 0.3) is 0 Å². The number of carbonyl (C=O) groups excluding carboxylic acids is 1. The van der Waals surface area contributed by atoms with Gasteiger partial charge < -0.3 is 10.1 Å². The summed E-state index contributed by atoms with van der Waals surface area (Å²) in [6.45, 7) is 9.09. The largest absolute Gasteiger partial charge is 0.375 e. The Kier molecular flexibility index (Phi) is 4.45. The first-order chi connectivity index (χ1) is 9.37. The van der Waals surface area contributed by atoms with Crippen LogP contribution in [0.2, 0.25) is 0 Å². The van der Waals surface area contributed by atoms with Gasteiger partial charge in [0.05, 0.1) is 25.3 Å². The van der Waals surface area contributed by atoms with Crippen LogP contribution < -0.4 is 10.6 Å². The van der Waals surface area contributed by atoms with E-state index in [0.29, 0.717) is 13.2 Å². The highest BCUT2D eigenvalue weighted by molar-refractivity contribution is 5.82. The number of hydrogen-bond donors (Lipinski definition) is 2. The molecule has 110 valence electrons. The van der Waals surface area contributed by atoms with Crippen LogP contribution in [0.3, 0.4) is 0 Å². The van der Waals surface area contributed by atoms with Gasteiger partial charge in [0.15, 0.2) is 0 Å². The molecule has 0 radical (unpaired) electrons. The number of hydrogen-bond acceptors (Lipinski definition) is 3. The summed E-state index contributed by atoms with van der Waals surface area (Å²) in [4.78, 5) is 12.1.